The van der Waals surface area contributed by atoms with Crippen LogP contribution in [0.5, 0.6) is 0 Å². The first-order chi connectivity index (χ1) is 23.9. The van der Waals surface area contributed by atoms with Gasteiger partial charge < -0.3 is 10.2 Å². The number of thiazole rings is 1. The first-order valence-electron chi connectivity index (χ1n) is 15.0. The van der Waals surface area contributed by atoms with Crippen LogP contribution < -0.4 is 5.14 Å². The van der Waals surface area contributed by atoms with Gasteiger partial charge in [-0.2, -0.15) is 15.4 Å². The molecule has 3 aromatic heterocycles. The fraction of sp³-hybridized carbons (Fsp3) is 0.152. The lowest BCUT2D eigenvalue weighted by atomic mass is 9.94. The molecule has 6 aromatic rings. The summed E-state index contributed by atoms with van der Waals surface area (Å²) < 4.78 is 55.7. The van der Waals surface area contributed by atoms with Crippen molar-refractivity contribution in [3.63, 3.8) is 0 Å². The van der Waals surface area contributed by atoms with Crippen LogP contribution in [0.3, 0.4) is 0 Å². The Morgan fingerprint density at radius 3 is 2.28 bits per heavy atom. The molecule has 3 aromatic carbocycles. The van der Waals surface area contributed by atoms with Crippen LogP contribution in [-0.4, -0.2) is 60.7 Å². The minimum absolute atomic E-state index is 0.0986. The Hall–Kier alpha value is -5.65. The summed E-state index contributed by atoms with van der Waals surface area (Å²) in [4.78, 5) is 26.8. The van der Waals surface area contributed by atoms with Crippen molar-refractivity contribution in [2.24, 2.45) is 11.1 Å². The fourth-order valence-electron chi connectivity index (χ4n) is 5.70. The van der Waals surface area contributed by atoms with E-state index in [1.54, 1.807) is 41.1 Å². The van der Waals surface area contributed by atoms with Crippen LogP contribution in [0.4, 0.5) is 8.78 Å². The molecule has 0 spiro atoms. The third-order valence-corrected chi connectivity index (χ3v) is 10.1. The summed E-state index contributed by atoms with van der Waals surface area (Å²) in [6.45, 7) is 0. The van der Waals surface area contributed by atoms with Gasteiger partial charge in [0.05, 0.1) is 11.4 Å². The van der Waals surface area contributed by atoms with E-state index in [9.17, 15) is 32.6 Å². The summed E-state index contributed by atoms with van der Waals surface area (Å²) in [6, 6.07) is 14.5. The predicted octanol–water partition coefficient (Wildman–Crippen LogP) is 5.31. The van der Waals surface area contributed by atoms with Crippen molar-refractivity contribution < 1.29 is 37.0 Å². The van der Waals surface area contributed by atoms with Gasteiger partial charge in [0.25, 0.3) is 0 Å². The molecule has 0 saturated heterocycles. The number of hydrogen-bond donors (Lipinski definition) is 4. The van der Waals surface area contributed by atoms with E-state index in [-0.39, 0.29) is 29.1 Å². The number of benzene rings is 3. The number of carboxylic acids is 2. The van der Waals surface area contributed by atoms with Gasteiger partial charge in [0, 0.05) is 34.1 Å². The van der Waals surface area contributed by atoms with E-state index in [2.05, 4.69) is 20.4 Å². The topological polar surface area (TPSA) is 207 Å². The van der Waals surface area contributed by atoms with Crippen molar-refractivity contribution >= 4 is 33.3 Å². The van der Waals surface area contributed by atoms with Gasteiger partial charge in [0.15, 0.2) is 11.4 Å². The van der Waals surface area contributed by atoms with E-state index < -0.39 is 38.5 Å². The molecule has 0 atom stereocenters. The normalized spacial score (nSPS) is 13.1. The van der Waals surface area contributed by atoms with E-state index in [0.717, 1.165) is 36.3 Å². The summed E-state index contributed by atoms with van der Waals surface area (Å²) in [6.07, 6.45) is 2.59. The van der Waals surface area contributed by atoms with Crippen LogP contribution in [0.1, 0.15) is 50.6 Å². The highest BCUT2D eigenvalue weighted by Gasteiger charge is 2.30. The molecular weight excluding hydrogens is 693 g/mol. The number of H-pyrrole nitrogens is 1. The Kier molecular flexibility index (Phi) is 8.33. The molecule has 1 saturated carbocycles. The van der Waals surface area contributed by atoms with E-state index >= 15 is 4.39 Å². The molecule has 0 unspecified atom stereocenters. The number of aromatic amines is 1. The number of nitrogens with zero attached hydrogens (tertiary/aromatic N) is 5. The molecule has 0 aliphatic heterocycles. The summed E-state index contributed by atoms with van der Waals surface area (Å²) in [5, 5.41) is 40.6. The van der Waals surface area contributed by atoms with Crippen molar-refractivity contribution in [2.45, 2.75) is 30.6 Å². The molecule has 0 radical (unpaired) electrons. The molecule has 0 bridgehead atoms. The van der Waals surface area contributed by atoms with Crippen LogP contribution in [-0.2, 0) is 22.9 Å². The lowest BCUT2D eigenvalue weighted by Crippen LogP contribution is -2.14. The van der Waals surface area contributed by atoms with Gasteiger partial charge in [0.2, 0.25) is 15.2 Å². The minimum atomic E-state index is -4.30. The molecule has 0 amide bonds. The number of carbonyl (C=O) groups is 2. The number of aromatic nitrogens is 6. The number of nitrogens with one attached hydrogen (secondary N) is 1. The molecule has 1 fully saturated rings. The van der Waals surface area contributed by atoms with Gasteiger partial charge in [-0.25, -0.2) is 41.6 Å². The molecule has 7 rings (SSSR count). The Labute approximate surface area is 286 Å². The molecule has 1 aliphatic rings. The third-order valence-electron chi connectivity index (χ3n) is 8.30. The number of sulfonamides is 1. The number of nitrogens with two attached hydrogens (primary N) is 1. The van der Waals surface area contributed by atoms with E-state index in [1.165, 1.54) is 17.5 Å². The number of halogens is 2. The number of aromatic carboxylic acids is 2. The van der Waals surface area contributed by atoms with Crippen molar-refractivity contribution in [1.29, 1.82) is 0 Å². The molecule has 254 valence electrons. The van der Waals surface area contributed by atoms with E-state index in [0.29, 0.717) is 56.7 Å². The average molecular weight is 718 g/mol. The van der Waals surface area contributed by atoms with Crippen molar-refractivity contribution in [1.82, 2.24) is 30.2 Å². The standard InChI is InChI=1S/C33H25F2N7O6S2/c34-23-9-8-20(14-21(23)18-4-6-19(7-5-18)29-30(32(45)46)39-41-38-29)28-22(11-17-3-10-27(24(35)12-17)50(36,47)48)26(13-16-1-2-16)42(40-28)33-37-25(15-49-33)31(43)44/h3-10,12,14-16H,1-2,11,13H2,(H,43,44)(H,45,46)(H2,36,47,48)(H,38,39,41). The molecule has 17 heteroatoms. The third kappa shape index (κ3) is 6.40. The first kappa shape index (κ1) is 32.9. The zero-order valence-electron chi connectivity index (χ0n) is 25.7. The van der Waals surface area contributed by atoms with Gasteiger partial charge in [0.1, 0.15) is 22.2 Å². The smallest absolute Gasteiger partial charge is 0.358 e. The van der Waals surface area contributed by atoms with Crippen molar-refractivity contribution in [3.05, 3.63) is 106 Å². The molecular formula is C33H25F2N7O6S2. The minimum Gasteiger partial charge on any atom is -0.476 e. The monoisotopic (exact) mass is 717 g/mol. The molecule has 50 heavy (non-hydrogen) atoms. The number of hydrogen-bond acceptors (Lipinski definition) is 9. The molecule has 3 heterocycles. The van der Waals surface area contributed by atoms with E-state index in [1.807, 2.05) is 0 Å². The van der Waals surface area contributed by atoms with Crippen LogP contribution >= 0.6 is 11.3 Å². The maximum absolute atomic E-state index is 15.5. The second kappa shape index (κ2) is 12.7. The Balaban J connectivity index is 1.36. The Morgan fingerprint density at radius 1 is 0.920 bits per heavy atom. The number of carboxylic acid groups (broad SMARTS) is 2. The van der Waals surface area contributed by atoms with Gasteiger partial charge in [-0.05, 0) is 66.6 Å². The summed E-state index contributed by atoms with van der Waals surface area (Å²) >= 11 is 1.09. The Morgan fingerprint density at radius 2 is 1.64 bits per heavy atom. The van der Waals surface area contributed by atoms with Crippen LogP contribution in [0, 0.1) is 17.6 Å². The van der Waals surface area contributed by atoms with E-state index in [4.69, 9.17) is 10.2 Å². The summed E-state index contributed by atoms with van der Waals surface area (Å²) in [7, 11) is -4.30. The Bertz CT molecular complexity index is 2420. The highest BCUT2D eigenvalue weighted by Crippen LogP contribution is 2.39. The van der Waals surface area contributed by atoms with Gasteiger partial charge in [-0.15, -0.1) is 16.4 Å². The molecule has 13 nitrogen and oxygen atoms in total. The summed E-state index contributed by atoms with van der Waals surface area (Å²) in [5.74, 6) is -3.69. The second-order valence-electron chi connectivity index (χ2n) is 11.7. The number of rotatable bonds is 11. The summed E-state index contributed by atoms with van der Waals surface area (Å²) in [5.41, 5.74) is 3.53. The van der Waals surface area contributed by atoms with Gasteiger partial charge in [-0.1, -0.05) is 30.3 Å². The molecule has 1 aliphatic carbocycles. The van der Waals surface area contributed by atoms with Crippen LogP contribution in [0.25, 0.3) is 38.8 Å². The quantitative estimate of drug-likeness (QED) is 0.136. The van der Waals surface area contributed by atoms with Gasteiger partial charge >= 0.3 is 11.9 Å². The second-order valence-corrected chi connectivity index (χ2v) is 14.1. The lowest BCUT2D eigenvalue weighted by molar-refractivity contribution is 0.0680. The van der Waals surface area contributed by atoms with Crippen molar-refractivity contribution in [3.8, 4) is 38.8 Å². The average Bonchev–Trinajstić information content (AvgIpc) is 3.42. The predicted molar refractivity (Wildman–Crippen MR) is 176 cm³/mol. The van der Waals surface area contributed by atoms with Crippen LogP contribution in [0.15, 0.2) is 70.9 Å². The maximum Gasteiger partial charge on any atom is 0.358 e. The van der Waals surface area contributed by atoms with Gasteiger partial charge in [-0.3, -0.25) is 0 Å². The largest absolute Gasteiger partial charge is 0.476 e. The molecule has 5 N–H and O–H groups in total. The highest BCUT2D eigenvalue weighted by atomic mass is 32.2. The number of primary sulfonamides is 1. The zero-order chi connectivity index (χ0) is 35.3. The van der Waals surface area contributed by atoms with Crippen LogP contribution in [0.2, 0.25) is 0 Å². The SMILES string of the molecule is NS(=O)(=O)c1ccc(Cc2c(-c3ccc(F)c(-c4ccc(-c5n[nH]nc5C(=O)O)cc4)c3)nn(-c3nc(C(=O)O)cs3)c2CC2CC2)cc1F. The first-order valence-corrected chi connectivity index (χ1v) is 17.5. The lowest BCUT2D eigenvalue weighted by Gasteiger charge is -2.11. The van der Waals surface area contributed by atoms with Crippen molar-refractivity contribution in [2.75, 3.05) is 0 Å². The zero-order valence-corrected chi connectivity index (χ0v) is 27.3. The highest BCUT2D eigenvalue weighted by molar-refractivity contribution is 7.89. The maximum atomic E-state index is 15.5. The fourth-order valence-corrected chi connectivity index (χ4v) is 7.06.